The number of aromatic amines is 1. The van der Waals surface area contributed by atoms with Crippen LogP contribution in [0.25, 0.3) is 16.6 Å². The predicted molar refractivity (Wildman–Crippen MR) is 119 cm³/mol. The van der Waals surface area contributed by atoms with Crippen LogP contribution in [0.2, 0.25) is 0 Å². The molecule has 0 saturated carbocycles. The molecule has 0 radical (unpaired) electrons. The monoisotopic (exact) mass is 417 g/mol. The lowest BCUT2D eigenvalue weighted by Crippen LogP contribution is -2.47. The van der Waals surface area contributed by atoms with Crippen molar-refractivity contribution in [3.8, 4) is 0 Å². The molecule has 3 N–H and O–H groups in total. The summed E-state index contributed by atoms with van der Waals surface area (Å²) in [6.07, 6.45) is 4.74. The number of carbonyl (C=O) groups is 1. The Labute approximate surface area is 178 Å². The third kappa shape index (κ3) is 4.51. The molecular formula is C22H23N7O2. The van der Waals surface area contributed by atoms with Crippen LogP contribution in [-0.2, 0) is 0 Å². The van der Waals surface area contributed by atoms with E-state index in [0.29, 0.717) is 11.1 Å². The number of amides is 1. The first-order valence-electron chi connectivity index (χ1n) is 9.94. The molecule has 0 atom stereocenters. The van der Waals surface area contributed by atoms with Crippen molar-refractivity contribution in [3.63, 3.8) is 0 Å². The van der Waals surface area contributed by atoms with Gasteiger partial charge in [0.1, 0.15) is 5.70 Å². The van der Waals surface area contributed by atoms with Gasteiger partial charge in [0.25, 0.3) is 11.5 Å². The summed E-state index contributed by atoms with van der Waals surface area (Å²) in [5, 5.41) is 7.29. The topological polar surface area (TPSA) is 118 Å². The SMILES string of the molecule is CN1CCN(C(=O)c2ccc(N/C=C(\N=N)c3cc4cnccc4[nH]c3=O)cc2)CC1. The molecule has 9 nitrogen and oxygen atoms in total. The first-order valence-corrected chi connectivity index (χ1v) is 9.94. The van der Waals surface area contributed by atoms with Gasteiger partial charge in [0.15, 0.2) is 0 Å². The van der Waals surface area contributed by atoms with Gasteiger partial charge in [-0.25, -0.2) is 5.53 Å². The van der Waals surface area contributed by atoms with E-state index in [4.69, 9.17) is 5.53 Å². The highest BCUT2D eigenvalue weighted by Crippen LogP contribution is 2.18. The second-order valence-corrected chi connectivity index (χ2v) is 7.43. The Bertz CT molecular complexity index is 1190. The summed E-state index contributed by atoms with van der Waals surface area (Å²) < 4.78 is 0. The highest BCUT2D eigenvalue weighted by Gasteiger charge is 2.20. The van der Waals surface area contributed by atoms with E-state index < -0.39 is 0 Å². The normalized spacial score (nSPS) is 15.1. The molecule has 2 aromatic heterocycles. The summed E-state index contributed by atoms with van der Waals surface area (Å²) in [6.45, 7) is 3.20. The standard InChI is InChI=1S/C22H23N7O2/c1-28-8-10-29(11-9-28)22(31)15-2-4-17(5-3-15)25-14-20(27-23)18-12-16-13-24-7-6-19(16)26-21(18)30/h2-7,12-14,23,25H,8-11H2,1H3,(H,26,30)/b20-14-,27-23?. The number of piperazine rings is 1. The van der Waals surface area contributed by atoms with Crippen molar-refractivity contribution in [3.05, 3.63) is 76.5 Å². The average Bonchev–Trinajstić information content (AvgIpc) is 2.80. The molecule has 4 rings (SSSR count). The van der Waals surface area contributed by atoms with E-state index in [1.807, 2.05) is 4.90 Å². The summed E-state index contributed by atoms with van der Waals surface area (Å²) in [5.74, 6) is 0.0216. The largest absolute Gasteiger partial charge is 0.360 e. The third-order valence-electron chi connectivity index (χ3n) is 5.34. The number of pyridine rings is 2. The zero-order valence-electron chi connectivity index (χ0n) is 17.1. The molecule has 0 unspecified atom stereocenters. The van der Waals surface area contributed by atoms with Crippen molar-refractivity contribution >= 4 is 28.2 Å². The molecule has 3 aromatic rings. The van der Waals surface area contributed by atoms with Crippen molar-refractivity contribution in [2.24, 2.45) is 5.11 Å². The molecule has 1 aliphatic rings. The second kappa shape index (κ2) is 8.88. The van der Waals surface area contributed by atoms with Gasteiger partial charge in [-0.05, 0) is 43.4 Å². The molecule has 0 spiro atoms. The van der Waals surface area contributed by atoms with Gasteiger partial charge in [-0.2, -0.15) is 5.11 Å². The van der Waals surface area contributed by atoms with Crippen LogP contribution < -0.4 is 10.9 Å². The molecule has 158 valence electrons. The van der Waals surface area contributed by atoms with Crippen molar-refractivity contribution in [1.29, 1.82) is 5.53 Å². The molecule has 1 amide bonds. The average molecular weight is 417 g/mol. The van der Waals surface area contributed by atoms with Crippen LogP contribution in [0, 0.1) is 5.53 Å². The molecule has 0 bridgehead atoms. The summed E-state index contributed by atoms with van der Waals surface area (Å²) >= 11 is 0. The number of hydrogen-bond acceptors (Lipinski definition) is 7. The van der Waals surface area contributed by atoms with Gasteiger partial charge in [-0.15, -0.1) is 0 Å². The van der Waals surface area contributed by atoms with E-state index in [2.05, 4.69) is 32.3 Å². The molecule has 0 aliphatic carbocycles. The Kier molecular flexibility index (Phi) is 5.85. The molecular weight excluding hydrogens is 394 g/mol. The number of nitrogens with one attached hydrogen (secondary N) is 3. The minimum Gasteiger partial charge on any atom is -0.360 e. The number of likely N-dealkylation sites (N-methyl/N-ethyl adjacent to an activating group) is 1. The van der Waals surface area contributed by atoms with Gasteiger partial charge in [0, 0.05) is 61.4 Å². The van der Waals surface area contributed by atoms with Crippen LogP contribution in [0.3, 0.4) is 0 Å². The fraction of sp³-hybridized carbons (Fsp3) is 0.227. The smallest absolute Gasteiger partial charge is 0.258 e. The maximum absolute atomic E-state index is 12.7. The zero-order valence-corrected chi connectivity index (χ0v) is 17.1. The molecule has 31 heavy (non-hydrogen) atoms. The quantitative estimate of drug-likeness (QED) is 0.552. The fourth-order valence-electron chi connectivity index (χ4n) is 3.46. The number of rotatable bonds is 5. The summed E-state index contributed by atoms with van der Waals surface area (Å²) in [6, 6.07) is 10.5. The Balaban J connectivity index is 1.50. The van der Waals surface area contributed by atoms with E-state index in [-0.39, 0.29) is 22.7 Å². The summed E-state index contributed by atoms with van der Waals surface area (Å²) in [7, 11) is 2.05. The lowest BCUT2D eigenvalue weighted by atomic mass is 10.1. The first-order chi connectivity index (χ1) is 15.0. The number of fused-ring (bicyclic) bond motifs is 1. The fourth-order valence-corrected chi connectivity index (χ4v) is 3.46. The van der Waals surface area contributed by atoms with Crippen LogP contribution in [-0.4, -0.2) is 58.9 Å². The molecule has 1 aromatic carbocycles. The summed E-state index contributed by atoms with van der Waals surface area (Å²) in [5.41, 5.74) is 9.61. The maximum Gasteiger partial charge on any atom is 0.258 e. The Morgan fingerprint density at radius 2 is 1.94 bits per heavy atom. The van der Waals surface area contributed by atoms with E-state index in [0.717, 1.165) is 37.3 Å². The van der Waals surface area contributed by atoms with E-state index in [1.165, 1.54) is 6.20 Å². The Hall–Kier alpha value is -3.85. The van der Waals surface area contributed by atoms with Crippen LogP contribution in [0.5, 0.6) is 0 Å². The van der Waals surface area contributed by atoms with E-state index in [1.54, 1.807) is 48.8 Å². The molecule has 1 aliphatic heterocycles. The second-order valence-electron chi connectivity index (χ2n) is 7.43. The minimum atomic E-state index is -0.337. The van der Waals surface area contributed by atoms with Crippen molar-refractivity contribution in [2.75, 3.05) is 38.5 Å². The Morgan fingerprint density at radius 1 is 1.19 bits per heavy atom. The molecule has 1 fully saturated rings. The van der Waals surface area contributed by atoms with Gasteiger partial charge in [-0.1, -0.05) is 0 Å². The lowest BCUT2D eigenvalue weighted by Gasteiger charge is -2.32. The van der Waals surface area contributed by atoms with Crippen LogP contribution in [0.1, 0.15) is 15.9 Å². The van der Waals surface area contributed by atoms with E-state index >= 15 is 0 Å². The van der Waals surface area contributed by atoms with Crippen molar-refractivity contribution in [2.45, 2.75) is 0 Å². The number of anilines is 1. The lowest BCUT2D eigenvalue weighted by molar-refractivity contribution is 0.0664. The highest BCUT2D eigenvalue weighted by atomic mass is 16.2. The number of benzene rings is 1. The van der Waals surface area contributed by atoms with E-state index in [9.17, 15) is 9.59 Å². The van der Waals surface area contributed by atoms with Crippen LogP contribution in [0.15, 0.2) is 64.9 Å². The first kappa shape index (κ1) is 20.4. The maximum atomic E-state index is 12.7. The van der Waals surface area contributed by atoms with Gasteiger partial charge in [-0.3, -0.25) is 14.6 Å². The third-order valence-corrected chi connectivity index (χ3v) is 5.34. The molecule has 1 saturated heterocycles. The number of H-pyrrole nitrogens is 1. The summed E-state index contributed by atoms with van der Waals surface area (Å²) in [4.78, 5) is 35.9. The van der Waals surface area contributed by atoms with Gasteiger partial charge < -0.3 is 20.1 Å². The number of nitrogens with zero attached hydrogens (tertiary/aromatic N) is 4. The van der Waals surface area contributed by atoms with Crippen LogP contribution in [0.4, 0.5) is 5.69 Å². The van der Waals surface area contributed by atoms with Gasteiger partial charge >= 0.3 is 0 Å². The zero-order chi connectivity index (χ0) is 21.8. The number of hydrogen-bond donors (Lipinski definition) is 3. The van der Waals surface area contributed by atoms with Crippen molar-refractivity contribution < 1.29 is 4.79 Å². The van der Waals surface area contributed by atoms with Gasteiger partial charge in [0.2, 0.25) is 0 Å². The Morgan fingerprint density at radius 3 is 2.65 bits per heavy atom. The molecule has 3 heterocycles. The number of carbonyl (C=O) groups excluding carboxylic acids is 1. The molecule has 9 heteroatoms. The van der Waals surface area contributed by atoms with Crippen molar-refractivity contribution in [1.82, 2.24) is 19.8 Å². The minimum absolute atomic E-state index is 0.0216. The van der Waals surface area contributed by atoms with Crippen LogP contribution >= 0.6 is 0 Å². The number of aromatic nitrogens is 2. The van der Waals surface area contributed by atoms with Gasteiger partial charge in [0.05, 0.1) is 11.1 Å². The predicted octanol–water partition coefficient (Wildman–Crippen LogP) is 2.75. The highest BCUT2D eigenvalue weighted by molar-refractivity contribution is 5.94.